The van der Waals surface area contributed by atoms with Gasteiger partial charge in [0.05, 0.1) is 6.61 Å². The maximum absolute atomic E-state index is 13.1. The van der Waals surface area contributed by atoms with Crippen LogP contribution in [0.3, 0.4) is 0 Å². The standard InChI is InChI=1S/C27H35F3N2O5Si/c1-25(2,3)37-22(33)17-31-23(34)21(32-24(35)27(28,29)30)18-36-38(26(4,5)6,19-13-9-7-10-14-19)20-15-11-8-12-16-20/h7-16,21H,17-18H2,1-6H3,(H,31,34)(H,32,35)/t21-/m0/s1. The molecule has 0 saturated carbocycles. The zero-order chi connectivity index (χ0) is 28.8. The molecule has 0 aliphatic heterocycles. The lowest BCUT2D eigenvalue weighted by Gasteiger charge is -2.43. The molecule has 1 atom stereocenters. The number of hydrogen-bond donors (Lipinski definition) is 2. The van der Waals surface area contributed by atoms with E-state index in [0.29, 0.717) is 0 Å². The van der Waals surface area contributed by atoms with Gasteiger partial charge in [0.1, 0.15) is 18.2 Å². The number of carbonyl (C=O) groups excluding carboxylic acids is 3. The first-order chi connectivity index (χ1) is 17.5. The van der Waals surface area contributed by atoms with Crippen molar-refractivity contribution in [2.75, 3.05) is 13.2 Å². The molecule has 2 aromatic rings. The molecule has 0 saturated heterocycles. The van der Waals surface area contributed by atoms with Gasteiger partial charge in [0, 0.05) is 0 Å². The van der Waals surface area contributed by atoms with Gasteiger partial charge in [0.15, 0.2) is 0 Å². The molecule has 2 aromatic carbocycles. The molecular formula is C27H35F3N2O5Si. The van der Waals surface area contributed by atoms with Crippen LogP contribution in [0.4, 0.5) is 13.2 Å². The van der Waals surface area contributed by atoms with Crippen molar-refractivity contribution >= 4 is 36.5 Å². The van der Waals surface area contributed by atoms with E-state index >= 15 is 0 Å². The third-order valence-corrected chi connectivity index (χ3v) is 10.6. The van der Waals surface area contributed by atoms with E-state index < -0.39 is 62.1 Å². The second kappa shape index (κ2) is 12.1. The molecule has 2 amide bonds. The summed E-state index contributed by atoms with van der Waals surface area (Å²) in [4.78, 5) is 36.8. The first kappa shape index (κ1) is 31.0. The van der Waals surface area contributed by atoms with E-state index in [2.05, 4.69) is 5.32 Å². The van der Waals surface area contributed by atoms with E-state index in [4.69, 9.17) is 9.16 Å². The van der Waals surface area contributed by atoms with Crippen molar-refractivity contribution < 1.29 is 36.7 Å². The maximum atomic E-state index is 13.1. The normalized spacial score (nSPS) is 13.4. The van der Waals surface area contributed by atoms with Crippen LogP contribution in [0.2, 0.25) is 5.04 Å². The highest BCUT2D eigenvalue weighted by molar-refractivity contribution is 6.99. The molecule has 2 N–H and O–H groups in total. The van der Waals surface area contributed by atoms with Gasteiger partial charge >= 0.3 is 18.1 Å². The van der Waals surface area contributed by atoms with Crippen molar-refractivity contribution in [2.45, 2.75) is 64.4 Å². The Morgan fingerprint density at radius 3 is 1.71 bits per heavy atom. The predicted molar refractivity (Wildman–Crippen MR) is 140 cm³/mol. The Hall–Kier alpha value is -3.18. The number of nitrogens with one attached hydrogen (secondary N) is 2. The summed E-state index contributed by atoms with van der Waals surface area (Å²) in [5, 5.41) is 5.14. The second-order valence-corrected chi connectivity index (χ2v) is 15.1. The molecule has 0 aliphatic rings. The Balaban J connectivity index is 2.44. The van der Waals surface area contributed by atoms with Gasteiger partial charge in [-0.05, 0) is 36.2 Å². The number of halogens is 3. The third kappa shape index (κ3) is 8.16. The first-order valence-electron chi connectivity index (χ1n) is 12.1. The molecule has 7 nitrogen and oxygen atoms in total. The van der Waals surface area contributed by atoms with Crippen molar-refractivity contribution in [1.82, 2.24) is 10.6 Å². The van der Waals surface area contributed by atoms with Crippen molar-refractivity contribution in [3.05, 3.63) is 60.7 Å². The summed E-state index contributed by atoms with van der Waals surface area (Å²) in [6, 6.07) is 16.8. The highest BCUT2D eigenvalue weighted by Gasteiger charge is 2.51. The minimum absolute atomic E-state index is 0.527. The molecule has 0 aromatic heterocycles. The summed E-state index contributed by atoms with van der Waals surface area (Å²) in [6.45, 7) is 9.65. The van der Waals surface area contributed by atoms with Crippen molar-refractivity contribution in [2.24, 2.45) is 0 Å². The number of rotatable bonds is 9. The van der Waals surface area contributed by atoms with E-state index in [0.717, 1.165) is 10.4 Å². The van der Waals surface area contributed by atoms with Crippen LogP contribution in [0.25, 0.3) is 0 Å². The SMILES string of the molecule is CC(C)(C)OC(=O)CNC(=O)[C@H](CO[Si](c1ccccc1)(c1ccccc1)C(C)(C)C)NC(=O)C(F)(F)F. The Morgan fingerprint density at radius 1 is 0.842 bits per heavy atom. The van der Waals surface area contributed by atoms with Crippen LogP contribution in [0.15, 0.2) is 60.7 Å². The first-order valence-corrected chi connectivity index (χ1v) is 14.0. The predicted octanol–water partition coefficient (Wildman–Crippen LogP) is 3.07. The van der Waals surface area contributed by atoms with Gasteiger partial charge < -0.3 is 19.8 Å². The van der Waals surface area contributed by atoms with Gasteiger partial charge in [-0.25, -0.2) is 0 Å². The summed E-state index contributed by atoms with van der Waals surface area (Å²) in [6.07, 6.45) is -5.22. The monoisotopic (exact) mass is 552 g/mol. The van der Waals surface area contributed by atoms with E-state index in [1.54, 1.807) is 26.1 Å². The number of ether oxygens (including phenoxy) is 1. The van der Waals surface area contributed by atoms with Crippen LogP contribution in [-0.4, -0.2) is 57.1 Å². The van der Waals surface area contributed by atoms with Crippen molar-refractivity contribution in [1.29, 1.82) is 0 Å². The number of esters is 1. The number of alkyl halides is 3. The molecule has 0 radical (unpaired) electrons. The average molecular weight is 553 g/mol. The zero-order valence-electron chi connectivity index (χ0n) is 22.4. The summed E-state index contributed by atoms with van der Waals surface area (Å²) in [7, 11) is -3.24. The van der Waals surface area contributed by atoms with E-state index in [-0.39, 0.29) is 0 Å². The fraction of sp³-hybridized carbons (Fsp3) is 0.444. The topological polar surface area (TPSA) is 93.7 Å². The fourth-order valence-corrected chi connectivity index (χ4v) is 8.63. The van der Waals surface area contributed by atoms with Gasteiger partial charge in [0.2, 0.25) is 5.91 Å². The fourth-order valence-electron chi connectivity index (χ4n) is 4.05. The summed E-state index contributed by atoms with van der Waals surface area (Å²) < 4.78 is 51.0. The van der Waals surface area contributed by atoms with Gasteiger partial charge in [-0.1, -0.05) is 81.4 Å². The zero-order valence-corrected chi connectivity index (χ0v) is 23.4. The second-order valence-electron chi connectivity index (χ2n) is 10.8. The van der Waals surface area contributed by atoms with Gasteiger partial charge in [-0.2, -0.15) is 13.2 Å². The molecule has 0 fully saturated rings. The Morgan fingerprint density at radius 2 is 1.32 bits per heavy atom. The molecule has 0 unspecified atom stereocenters. The van der Waals surface area contributed by atoms with Gasteiger partial charge in [-0.3, -0.25) is 14.4 Å². The summed E-state index contributed by atoms with van der Waals surface area (Å²) in [5.41, 5.74) is -0.821. The van der Waals surface area contributed by atoms with Crippen LogP contribution in [0.1, 0.15) is 41.5 Å². The number of hydrogen-bond acceptors (Lipinski definition) is 5. The largest absolute Gasteiger partial charge is 0.471 e. The number of carbonyl (C=O) groups is 3. The van der Waals surface area contributed by atoms with Crippen LogP contribution in [-0.2, 0) is 23.5 Å². The molecule has 0 heterocycles. The van der Waals surface area contributed by atoms with Crippen LogP contribution in [0.5, 0.6) is 0 Å². The number of benzene rings is 2. The number of amides is 2. The van der Waals surface area contributed by atoms with Crippen molar-refractivity contribution in [3.8, 4) is 0 Å². The summed E-state index contributed by atoms with van der Waals surface area (Å²) in [5.74, 6) is -4.08. The molecule has 11 heteroatoms. The lowest BCUT2D eigenvalue weighted by Crippen LogP contribution is -2.68. The van der Waals surface area contributed by atoms with E-state index in [1.165, 1.54) is 0 Å². The van der Waals surface area contributed by atoms with Gasteiger partial charge in [-0.15, -0.1) is 0 Å². The van der Waals surface area contributed by atoms with Crippen LogP contribution >= 0.6 is 0 Å². The average Bonchev–Trinajstić information content (AvgIpc) is 2.81. The summed E-state index contributed by atoms with van der Waals surface area (Å²) >= 11 is 0. The third-order valence-electron chi connectivity index (χ3n) is 5.59. The highest BCUT2D eigenvalue weighted by Crippen LogP contribution is 2.36. The smallest absolute Gasteiger partial charge is 0.459 e. The minimum Gasteiger partial charge on any atom is -0.459 e. The molecule has 208 valence electrons. The van der Waals surface area contributed by atoms with Gasteiger partial charge in [0.25, 0.3) is 8.32 Å². The maximum Gasteiger partial charge on any atom is 0.471 e. The van der Waals surface area contributed by atoms with E-state index in [9.17, 15) is 27.6 Å². The Kier molecular flexibility index (Phi) is 9.90. The molecule has 0 aliphatic carbocycles. The van der Waals surface area contributed by atoms with Crippen molar-refractivity contribution in [3.63, 3.8) is 0 Å². The molecule has 0 bridgehead atoms. The molecule has 2 rings (SSSR count). The minimum atomic E-state index is -5.22. The van der Waals surface area contributed by atoms with E-state index in [1.807, 2.05) is 81.4 Å². The van der Waals surface area contributed by atoms with Crippen LogP contribution < -0.4 is 21.0 Å². The van der Waals surface area contributed by atoms with Crippen LogP contribution in [0, 0.1) is 0 Å². The quantitative estimate of drug-likeness (QED) is 0.369. The highest BCUT2D eigenvalue weighted by atomic mass is 28.4. The molecule has 38 heavy (non-hydrogen) atoms. The molecular weight excluding hydrogens is 517 g/mol. The Labute approximate surface area is 222 Å². The lowest BCUT2D eigenvalue weighted by molar-refractivity contribution is -0.175. The molecule has 0 spiro atoms. The Bertz CT molecular complexity index is 1060. The lowest BCUT2D eigenvalue weighted by atomic mass is 10.2.